The smallest absolute Gasteiger partial charge is 0.323 e. The molecule has 0 saturated carbocycles. The van der Waals surface area contributed by atoms with Crippen LogP contribution in [0.2, 0.25) is 0 Å². The number of nitrogens with zero attached hydrogens (tertiary/aromatic N) is 2. The van der Waals surface area contributed by atoms with Crippen molar-refractivity contribution in [3.8, 4) is 0 Å². The summed E-state index contributed by atoms with van der Waals surface area (Å²) in [6, 6.07) is 0.154. The minimum absolute atomic E-state index is 0.154. The number of aryl methyl sites for hydroxylation is 1. The van der Waals surface area contributed by atoms with Gasteiger partial charge in [-0.2, -0.15) is 5.10 Å². The van der Waals surface area contributed by atoms with E-state index >= 15 is 0 Å². The first-order chi connectivity index (χ1) is 8.89. The van der Waals surface area contributed by atoms with Gasteiger partial charge >= 0.3 is 5.97 Å². The van der Waals surface area contributed by atoms with Crippen LogP contribution in [0.5, 0.6) is 0 Å². The Morgan fingerprint density at radius 1 is 1.63 bits per heavy atom. The Bertz CT molecular complexity index is 420. The van der Waals surface area contributed by atoms with Crippen LogP contribution in [0.15, 0.2) is 12.4 Å². The van der Waals surface area contributed by atoms with Crippen molar-refractivity contribution < 1.29 is 9.90 Å². The number of aliphatic carboxylic acids is 1. The summed E-state index contributed by atoms with van der Waals surface area (Å²) in [5, 5.41) is 16.9. The van der Waals surface area contributed by atoms with Crippen molar-refractivity contribution in [2.45, 2.75) is 58.2 Å². The van der Waals surface area contributed by atoms with Gasteiger partial charge in [0.25, 0.3) is 0 Å². The summed E-state index contributed by atoms with van der Waals surface area (Å²) in [6.45, 7) is 6.62. The van der Waals surface area contributed by atoms with Gasteiger partial charge < -0.3 is 5.11 Å². The van der Waals surface area contributed by atoms with Gasteiger partial charge in [-0.05, 0) is 55.7 Å². The molecule has 0 saturated heterocycles. The second kappa shape index (κ2) is 7.23. The lowest BCUT2D eigenvalue weighted by atomic mass is 9.89. The molecule has 1 unspecified atom stereocenters. The molecule has 1 atom stereocenters. The van der Waals surface area contributed by atoms with E-state index in [1.165, 1.54) is 0 Å². The van der Waals surface area contributed by atoms with Gasteiger partial charge in [-0.3, -0.25) is 14.8 Å². The molecule has 19 heavy (non-hydrogen) atoms. The number of carboxylic acids is 1. The summed E-state index contributed by atoms with van der Waals surface area (Å²) in [5.41, 5.74) is -0.825. The van der Waals surface area contributed by atoms with Crippen molar-refractivity contribution in [2.75, 3.05) is 0 Å². The van der Waals surface area contributed by atoms with Gasteiger partial charge in [0.15, 0.2) is 0 Å². The lowest BCUT2D eigenvalue weighted by Crippen LogP contribution is -2.54. The molecular formula is C13H22IN3O2. The standard InChI is InChI=1S/C13H22IN3O2/c1-4-13(12(18)19,16-10(2)3)6-5-7-17-9-11(14)8-15-17/h8-10,16H,4-7H2,1-3H3,(H,18,19). The fourth-order valence-electron chi connectivity index (χ4n) is 2.23. The van der Waals surface area contributed by atoms with E-state index in [1.54, 1.807) is 6.20 Å². The van der Waals surface area contributed by atoms with Crippen LogP contribution in [-0.2, 0) is 11.3 Å². The number of aromatic nitrogens is 2. The Balaban J connectivity index is 2.60. The summed E-state index contributed by atoms with van der Waals surface area (Å²) in [7, 11) is 0. The Kier molecular flexibility index (Phi) is 6.25. The summed E-state index contributed by atoms with van der Waals surface area (Å²) < 4.78 is 2.96. The van der Waals surface area contributed by atoms with Gasteiger partial charge in [0.05, 0.1) is 9.77 Å². The molecule has 0 aromatic carbocycles. The molecule has 0 spiro atoms. The molecule has 0 radical (unpaired) electrons. The Morgan fingerprint density at radius 2 is 2.32 bits per heavy atom. The highest BCUT2D eigenvalue weighted by molar-refractivity contribution is 14.1. The second-order valence-electron chi connectivity index (χ2n) is 5.07. The zero-order valence-electron chi connectivity index (χ0n) is 11.7. The van der Waals surface area contributed by atoms with Crippen molar-refractivity contribution in [2.24, 2.45) is 0 Å². The van der Waals surface area contributed by atoms with Gasteiger partial charge in [-0.15, -0.1) is 0 Å². The van der Waals surface area contributed by atoms with E-state index < -0.39 is 11.5 Å². The summed E-state index contributed by atoms with van der Waals surface area (Å²) in [5.74, 6) is -0.765. The van der Waals surface area contributed by atoms with Crippen molar-refractivity contribution in [1.82, 2.24) is 15.1 Å². The molecule has 5 nitrogen and oxygen atoms in total. The summed E-state index contributed by atoms with van der Waals surface area (Å²) in [4.78, 5) is 11.5. The molecule has 1 heterocycles. The monoisotopic (exact) mass is 379 g/mol. The molecule has 0 aliphatic heterocycles. The van der Waals surface area contributed by atoms with Crippen molar-refractivity contribution in [3.05, 3.63) is 16.0 Å². The van der Waals surface area contributed by atoms with Gasteiger partial charge in [-0.1, -0.05) is 6.92 Å². The molecular weight excluding hydrogens is 357 g/mol. The van der Waals surface area contributed by atoms with Crippen LogP contribution in [-0.4, -0.2) is 32.4 Å². The zero-order valence-corrected chi connectivity index (χ0v) is 13.8. The summed E-state index contributed by atoms with van der Waals surface area (Å²) >= 11 is 2.21. The van der Waals surface area contributed by atoms with Gasteiger partial charge in [0.2, 0.25) is 0 Å². The van der Waals surface area contributed by atoms with Gasteiger partial charge in [0.1, 0.15) is 5.54 Å². The first-order valence-corrected chi connectivity index (χ1v) is 7.66. The normalized spacial score (nSPS) is 14.6. The van der Waals surface area contributed by atoms with E-state index in [0.717, 1.165) is 16.5 Å². The van der Waals surface area contributed by atoms with E-state index in [-0.39, 0.29) is 6.04 Å². The predicted molar refractivity (Wildman–Crippen MR) is 83.1 cm³/mol. The molecule has 108 valence electrons. The number of carbonyl (C=O) groups is 1. The largest absolute Gasteiger partial charge is 0.480 e. The third-order valence-electron chi connectivity index (χ3n) is 3.17. The molecule has 0 fully saturated rings. The van der Waals surface area contributed by atoms with Crippen LogP contribution in [0.3, 0.4) is 0 Å². The Morgan fingerprint density at radius 3 is 2.74 bits per heavy atom. The quantitative estimate of drug-likeness (QED) is 0.682. The van der Waals surface area contributed by atoms with Crippen molar-refractivity contribution >= 4 is 28.6 Å². The van der Waals surface area contributed by atoms with Crippen LogP contribution in [0, 0.1) is 3.57 Å². The predicted octanol–water partition coefficient (Wildman–Crippen LogP) is 2.50. The highest BCUT2D eigenvalue weighted by Crippen LogP contribution is 2.20. The average Bonchev–Trinajstić information content (AvgIpc) is 2.73. The van der Waals surface area contributed by atoms with Crippen LogP contribution in [0.25, 0.3) is 0 Å². The minimum atomic E-state index is -0.825. The zero-order chi connectivity index (χ0) is 14.5. The fraction of sp³-hybridized carbons (Fsp3) is 0.692. The highest BCUT2D eigenvalue weighted by Gasteiger charge is 2.36. The van der Waals surface area contributed by atoms with E-state index in [9.17, 15) is 9.90 Å². The molecule has 2 N–H and O–H groups in total. The van der Waals surface area contributed by atoms with Crippen LogP contribution < -0.4 is 5.32 Å². The molecule has 0 aliphatic carbocycles. The SMILES string of the molecule is CCC(CCCn1cc(I)cn1)(NC(C)C)C(=O)O. The number of hydrogen-bond acceptors (Lipinski definition) is 3. The van der Waals surface area contributed by atoms with Gasteiger partial charge in [-0.25, -0.2) is 0 Å². The maximum absolute atomic E-state index is 11.5. The number of carboxylic acid groups (broad SMARTS) is 1. The second-order valence-corrected chi connectivity index (χ2v) is 6.31. The first-order valence-electron chi connectivity index (χ1n) is 6.58. The van der Waals surface area contributed by atoms with Crippen molar-refractivity contribution in [1.29, 1.82) is 0 Å². The Hall–Kier alpha value is -0.630. The van der Waals surface area contributed by atoms with Crippen LogP contribution >= 0.6 is 22.6 Å². The number of halogens is 1. The minimum Gasteiger partial charge on any atom is -0.480 e. The Labute approximate surface area is 127 Å². The van der Waals surface area contributed by atoms with Crippen molar-refractivity contribution in [3.63, 3.8) is 0 Å². The molecule has 1 aromatic rings. The number of rotatable bonds is 8. The molecule has 1 aromatic heterocycles. The van der Waals surface area contributed by atoms with E-state index in [1.807, 2.05) is 31.6 Å². The highest BCUT2D eigenvalue weighted by atomic mass is 127. The number of nitrogens with one attached hydrogen (secondary N) is 1. The molecule has 0 bridgehead atoms. The maximum Gasteiger partial charge on any atom is 0.323 e. The van der Waals surface area contributed by atoms with E-state index in [2.05, 4.69) is 33.0 Å². The molecule has 0 aliphatic rings. The topological polar surface area (TPSA) is 67.2 Å². The maximum atomic E-state index is 11.5. The van der Waals surface area contributed by atoms with Gasteiger partial charge in [0, 0.05) is 18.8 Å². The van der Waals surface area contributed by atoms with E-state index in [4.69, 9.17) is 0 Å². The summed E-state index contributed by atoms with van der Waals surface area (Å²) in [6.07, 6.45) is 5.74. The molecule has 0 amide bonds. The average molecular weight is 379 g/mol. The van der Waals surface area contributed by atoms with Crippen LogP contribution in [0.4, 0.5) is 0 Å². The molecule has 6 heteroatoms. The lowest BCUT2D eigenvalue weighted by Gasteiger charge is -2.31. The third-order valence-corrected chi connectivity index (χ3v) is 3.73. The van der Waals surface area contributed by atoms with E-state index in [0.29, 0.717) is 12.8 Å². The molecule has 1 rings (SSSR count). The fourth-order valence-corrected chi connectivity index (χ4v) is 2.67. The first kappa shape index (κ1) is 16.4. The number of hydrogen-bond donors (Lipinski definition) is 2. The third kappa shape index (κ3) is 4.76. The van der Waals surface area contributed by atoms with Crippen LogP contribution in [0.1, 0.15) is 40.0 Å². The lowest BCUT2D eigenvalue weighted by molar-refractivity contribution is -0.145.